The lowest BCUT2D eigenvalue weighted by molar-refractivity contribution is -0.125. The summed E-state index contributed by atoms with van der Waals surface area (Å²) in [4.78, 5) is 38.0. The lowest BCUT2D eigenvalue weighted by Crippen LogP contribution is -2.48. The largest absolute Gasteiger partial charge is 0.376 e. The summed E-state index contributed by atoms with van der Waals surface area (Å²) in [6, 6.07) is 15.6. The number of para-hydroxylation sites is 2. The zero-order valence-electron chi connectivity index (χ0n) is 25.5. The Labute approximate surface area is 260 Å². The molecule has 4 aromatic rings. The number of carbonyl (C=O) groups excluding carboxylic acids is 2. The first-order valence-electron chi connectivity index (χ1n) is 14.2. The van der Waals surface area contributed by atoms with Crippen molar-refractivity contribution in [2.45, 2.75) is 59.7 Å². The van der Waals surface area contributed by atoms with Gasteiger partial charge in [0.15, 0.2) is 0 Å². The predicted octanol–water partition coefficient (Wildman–Crippen LogP) is 8.28. The van der Waals surface area contributed by atoms with Gasteiger partial charge < -0.3 is 15.0 Å². The average molecular weight is 621 g/mol. The molecule has 0 radical (unpaired) electrons. The van der Waals surface area contributed by atoms with Gasteiger partial charge in [-0.1, -0.05) is 26.0 Å². The first-order valence-corrected chi connectivity index (χ1v) is 15.9. The summed E-state index contributed by atoms with van der Waals surface area (Å²) in [6.07, 6.45) is -0.0253. The van der Waals surface area contributed by atoms with E-state index in [4.69, 9.17) is 4.74 Å². The number of benzene rings is 2. The Hall–Kier alpha value is -3.60. The fraction of sp³-hybridized carbons (Fsp3) is 0.364. The van der Waals surface area contributed by atoms with Gasteiger partial charge in [0, 0.05) is 29.3 Å². The molecule has 1 atom stereocenters. The summed E-state index contributed by atoms with van der Waals surface area (Å²) in [6.45, 7) is 12.1. The Kier molecular flexibility index (Phi) is 8.48. The van der Waals surface area contributed by atoms with Gasteiger partial charge in [-0.2, -0.15) is 0 Å². The van der Waals surface area contributed by atoms with Crippen molar-refractivity contribution in [1.29, 1.82) is 0 Å². The number of carbonyl (C=O) groups is 2. The fourth-order valence-electron chi connectivity index (χ4n) is 5.00. The molecule has 1 aliphatic rings. The SMILES string of the molecule is Cc1nc(-c2ccc(C3N(C)c4ccc(F)cc4C(=O)N3c3ccccc3NC(=O)C(C)(C)CCOC(C)(C)C)s2)cs1. The van der Waals surface area contributed by atoms with Crippen LogP contribution in [0.5, 0.6) is 0 Å². The van der Waals surface area contributed by atoms with E-state index in [1.807, 2.05) is 89.2 Å². The number of amides is 2. The Morgan fingerprint density at radius 1 is 1.07 bits per heavy atom. The molecule has 10 heteroatoms. The molecule has 0 saturated heterocycles. The van der Waals surface area contributed by atoms with Crippen LogP contribution in [0.1, 0.15) is 67.4 Å². The maximum absolute atomic E-state index is 14.4. The van der Waals surface area contributed by atoms with Crippen molar-refractivity contribution in [3.8, 4) is 10.6 Å². The maximum atomic E-state index is 14.4. The molecule has 1 unspecified atom stereocenters. The van der Waals surface area contributed by atoms with E-state index >= 15 is 0 Å². The van der Waals surface area contributed by atoms with Crippen LogP contribution in [0.3, 0.4) is 0 Å². The van der Waals surface area contributed by atoms with Gasteiger partial charge in [0.05, 0.1) is 43.8 Å². The molecule has 7 nitrogen and oxygen atoms in total. The number of aromatic nitrogens is 1. The van der Waals surface area contributed by atoms with Crippen molar-refractivity contribution in [2.75, 3.05) is 28.8 Å². The van der Waals surface area contributed by atoms with Crippen LogP contribution in [0.4, 0.5) is 21.5 Å². The van der Waals surface area contributed by atoms with Crippen molar-refractivity contribution in [1.82, 2.24) is 4.98 Å². The average Bonchev–Trinajstić information content (AvgIpc) is 3.59. The maximum Gasteiger partial charge on any atom is 0.262 e. The van der Waals surface area contributed by atoms with E-state index < -0.39 is 17.4 Å². The van der Waals surface area contributed by atoms with E-state index in [1.54, 1.807) is 39.7 Å². The van der Waals surface area contributed by atoms with Gasteiger partial charge >= 0.3 is 0 Å². The van der Waals surface area contributed by atoms with Crippen molar-refractivity contribution in [2.24, 2.45) is 5.41 Å². The Bertz CT molecular complexity index is 1660. The molecule has 1 N–H and O–H groups in total. The highest BCUT2D eigenvalue weighted by Gasteiger charge is 2.40. The van der Waals surface area contributed by atoms with E-state index in [2.05, 4.69) is 10.3 Å². The summed E-state index contributed by atoms with van der Waals surface area (Å²) in [5, 5.41) is 6.09. The minimum Gasteiger partial charge on any atom is -0.376 e. The minimum absolute atomic E-state index is 0.185. The molecular formula is C33H37FN4O3S2. The number of halogens is 1. The van der Waals surface area contributed by atoms with Gasteiger partial charge in [-0.05, 0) is 76.6 Å². The summed E-state index contributed by atoms with van der Waals surface area (Å²) in [5.74, 6) is -1.02. The van der Waals surface area contributed by atoms with Crippen LogP contribution in [0.2, 0.25) is 0 Å². The second-order valence-corrected chi connectivity index (χ2v) is 14.5. The molecule has 0 fully saturated rings. The quantitative estimate of drug-likeness (QED) is 0.215. The summed E-state index contributed by atoms with van der Waals surface area (Å²) in [7, 11) is 1.90. The van der Waals surface area contributed by atoms with Gasteiger partial charge in [0.2, 0.25) is 5.91 Å². The summed E-state index contributed by atoms with van der Waals surface area (Å²) >= 11 is 3.14. The normalized spacial score (nSPS) is 15.5. The van der Waals surface area contributed by atoms with Crippen LogP contribution in [-0.4, -0.2) is 36.1 Å². The third-order valence-corrected chi connectivity index (χ3v) is 9.36. The number of aryl methyl sites for hydroxylation is 1. The van der Waals surface area contributed by atoms with Gasteiger partial charge in [-0.25, -0.2) is 9.37 Å². The smallest absolute Gasteiger partial charge is 0.262 e. The second kappa shape index (κ2) is 11.8. The molecule has 0 spiro atoms. The number of fused-ring (bicyclic) bond motifs is 1. The van der Waals surface area contributed by atoms with E-state index in [1.165, 1.54) is 12.1 Å². The molecule has 0 bridgehead atoms. The van der Waals surface area contributed by atoms with Gasteiger partial charge in [-0.15, -0.1) is 22.7 Å². The molecule has 43 heavy (non-hydrogen) atoms. The van der Waals surface area contributed by atoms with Crippen LogP contribution in [0, 0.1) is 18.2 Å². The van der Waals surface area contributed by atoms with Crippen molar-refractivity contribution in [3.05, 3.63) is 81.2 Å². The first kappa shape index (κ1) is 30.8. The molecule has 2 amide bonds. The monoisotopic (exact) mass is 620 g/mol. The number of ether oxygens (including phenoxy) is 1. The van der Waals surface area contributed by atoms with Crippen LogP contribution >= 0.6 is 22.7 Å². The lowest BCUT2D eigenvalue weighted by atomic mass is 9.88. The number of rotatable bonds is 8. The Morgan fingerprint density at radius 2 is 1.81 bits per heavy atom. The van der Waals surface area contributed by atoms with E-state index in [0.29, 0.717) is 30.1 Å². The zero-order valence-corrected chi connectivity index (χ0v) is 27.2. The van der Waals surface area contributed by atoms with Crippen molar-refractivity contribution >= 4 is 51.6 Å². The number of thiazole rings is 1. The highest BCUT2D eigenvalue weighted by molar-refractivity contribution is 7.16. The van der Waals surface area contributed by atoms with Crippen LogP contribution < -0.4 is 15.1 Å². The third-order valence-electron chi connectivity index (χ3n) is 7.44. The third kappa shape index (κ3) is 6.51. The second-order valence-electron chi connectivity index (χ2n) is 12.3. The van der Waals surface area contributed by atoms with Gasteiger partial charge in [-0.3, -0.25) is 14.5 Å². The molecule has 5 rings (SSSR count). The summed E-state index contributed by atoms with van der Waals surface area (Å²) in [5.41, 5.74) is 1.77. The van der Waals surface area contributed by atoms with Crippen molar-refractivity contribution < 1.29 is 18.7 Å². The van der Waals surface area contributed by atoms with Gasteiger partial charge in [0.1, 0.15) is 12.0 Å². The van der Waals surface area contributed by atoms with Crippen LogP contribution in [0.25, 0.3) is 10.6 Å². The molecule has 2 aromatic carbocycles. The number of anilines is 3. The van der Waals surface area contributed by atoms with Crippen molar-refractivity contribution in [3.63, 3.8) is 0 Å². The highest BCUT2D eigenvalue weighted by Crippen LogP contribution is 2.46. The molecule has 0 aliphatic carbocycles. The highest BCUT2D eigenvalue weighted by atomic mass is 32.1. The molecule has 0 saturated carbocycles. The Morgan fingerprint density at radius 3 is 2.51 bits per heavy atom. The lowest BCUT2D eigenvalue weighted by Gasteiger charge is -2.44. The molecule has 3 heterocycles. The van der Waals surface area contributed by atoms with E-state index in [-0.39, 0.29) is 23.0 Å². The van der Waals surface area contributed by atoms with Crippen LogP contribution in [-0.2, 0) is 9.53 Å². The fourth-order valence-corrected chi connectivity index (χ4v) is 6.80. The van der Waals surface area contributed by atoms with Crippen LogP contribution in [0.15, 0.2) is 60.0 Å². The first-order chi connectivity index (χ1) is 20.2. The number of nitrogens with zero attached hydrogens (tertiary/aromatic N) is 3. The minimum atomic E-state index is -0.732. The number of nitrogens with one attached hydrogen (secondary N) is 1. The number of hydrogen-bond donors (Lipinski definition) is 1. The summed E-state index contributed by atoms with van der Waals surface area (Å²) < 4.78 is 20.3. The topological polar surface area (TPSA) is 74.8 Å². The standard InChI is InChI=1S/C33H37FN4O3S2/c1-20-35-24(19-42-20)27-14-15-28(43-27)29-37(7)25-13-12-21(34)18-22(25)30(39)38(29)26-11-9-8-10-23(26)36-31(40)33(5,6)16-17-41-32(2,3)4/h8-15,18-19,29H,16-17H2,1-7H3,(H,36,40). The Balaban J connectivity index is 1.54. The number of hydrogen-bond acceptors (Lipinski definition) is 7. The van der Waals surface area contributed by atoms with Gasteiger partial charge in [0.25, 0.3) is 5.91 Å². The molecule has 226 valence electrons. The van der Waals surface area contributed by atoms with E-state index in [0.717, 1.165) is 20.5 Å². The molecular weight excluding hydrogens is 584 g/mol. The van der Waals surface area contributed by atoms with E-state index in [9.17, 15) is 14.0 Å². The molecule has 1 aliphatic heterocycles. The molecule has 2 aromatic heterocycles. The predicted molar refractivity (Wildman–Crippen MR) is 174 cm³/mol. The number of thiophene rings is 1. The zero-order chi connectivity index (χ0) is 31.1.